The van der Waals surface area contributed by atoms with E-state index in [2.05, 4.69) is 274 Å². The lowest BCUT2D eigenvalue weighted by molar-refractivity contribution is 0.477. The van der Waals surface area contributed by atoms with E-state index < -0.39 is 0 Å². The van der Waals surface area contributed by atoms with Gasteiger partial charge in [0.1, 0.15) is 0 Å². The summed E-state index contributed by atoms with van der Waals surface area (Å²) < 4.78 is 5.99. The minimum atomic E-state index is 0.884. The summed E-state index contributed by atoms with van der Waals surface area (Å²) in [6.07, 6.45) is 1.01. The van der Waals surface area contributed by atoms with E-state index in [1.807, 2.05) is 276 Å². The third kappa shape index (κ3) is 31.0. The first-order valence-electron chi connectivity index (χ1n) is 42.0. The highest BCUT2D eigenvalue weighted by Crippen LogP contribution is 2.52. The molecule has 0 saturated carbocycles. The lowest BCUT2D eigenvalue weighted by atomic mass is 9.95. The average molecular weight is 1490 g/mol. The number of fused-ring (bicyclic) bond motifs is 11. The molecule has 0 radical (unpaired) electrons. The molecule has 1 aromatic heterocycles. The molecule has 0 unspecified atom stereocenters. The van der Waals surface area contributed by atoms with E-state index in [0.717, 1.165) is 35.0 Å². The molecule has 0 spiro atoms. The Labute approximate surface area is 673 Å². The van der Waals surface area contributed by atoms with Crippen LogP contribution in [0.25, 0.3) is 32.6 Å². The lowest BCUT2D eigenvalue weighted by Gasteiger charge is -2.33. The predicted molar refractivity (Wildman–Crippen MR) is 505 cm³/mol. The van der Waals surface area contributed by atoms with Crippen molar-refractivity contribution in [2.45, 2.75) is 238 Å². The van der Waals surface area contributed by atoms with Crippen LogP contribution in [0.5, 0.6) is 11.5 Å². The molecule has 5 nitrogen and oxygen atoms in total. The van der Waals surface area contributed by atoms with E-state index >= 15 is 0 Å². The molecule has 0 atom stereocenters. The molecule has 4 heterocycles. The van der Waals surface area contributed by atoms with Gasteiger partial charge in [0.05, 0.1) is 28.3 Å². The fraction of sp³-hybridized carbons (Fsp3) is 0.320. The zero-order chi connectivity index (χ0) is 83.3. The summed E-state index contributed by atoms with van der Waals surface area (Å²) in [5.74, 6) is 1.77. The van der Waals surface area contributed by atoms with Crippen molar-refractivity contribution in [3.63, 3.8) is 0 Å². The summed E-state index contributed by atoms with van der Waals surface area (Å²) in [7, 11) is 0. The number of H-pyrrole nitrogens is 1. The van der Waals surface area contributed by atoms with Gasteiger partial charge in [0.15, 0.2) is 11.5 Å². The molecular weight excluding hydrogens is 1340 g/mol. The van der Waals surface area contributed by atoms with Gasteiger partial charge in [-0.2, -0.15) is 0 Å². The van der Waals surface area contributed by atoms with E-state index in [0.29, 0.717) is 0 Å². The summed E-state index contributed by atoms with van der Waals surface area (Å²) in [6.45, 7) is 64.0. The van der Waals surface area contributed by atoms with Gasteiger partial charge in [0.2, 0.25) is 0 Å². The Balaban J connectivity index is -0.000000600. The number of nitrogens with zero attached hydrogens (tertiary/aromatic N) is 3. The first kappa shape index (κ1) is 106. The Bertz CT molecular complexity index is 3730. The Morgan fingerprint density at radius 1 is 0.229 bits per heavy atom. The van der Waals surface area contributed by atoms with Crippen LogP contribution >= 0.6 is 11.8 Å². The monoisotopic (exact) mass is 1490 g/mol. The average Bonchev–Trinajstić information content (AvgIpc) is 1.03. The van der Waals surface area contributed by atoms with Crippen molar-refractivity contribution in [3.05, 3.63) is 308 Å². The molecule has 592 valence electrons. The number of aromatic nitrogens is 1. The molecule has 3 aliphatic heterocycles. The zero-order valence-corrected chi connectivity index (χ0v) is 75.0. The van der Waals surface area contributed by atoms with Gasteiger partial charge in [-0.25, -0.2) is 0 Å². The van der Waals surface area contributed by atoms with Crippen LogP contribution in [0.4, 0.5) is 51.2 Å². The summed E-state index contributed by atoms with van der Waals surface area (Å²) in [6, 6.07) is 104. The maximum Gasteiger partial charge on any atom is 0.151 e. The number of benzene rings is 12. The lowest BCUT2D eigenvalue weighted by Crippen LogP contribution is -2.18. The Hall–Kier alpha value is -9.75. The molecule has 13 aromatic rings. The summed E-state index contributed by atoms with van der Waals surface area (Å²) in [5.41, 5.74) is 16.0. The molecule has 0 bridgehead atoms. The van der Waals surface area contributed by atoms with Crippen molar-refractivity contribution in [2.75, 3.05) is 14.7 Å². The zero-order valence-electron chi connectivity index (χ0n) is 74.2. The number of hydrogen-bond acceptors (Lipinski definition) is 5. The molecule has 0 amide bonds. The highest BCUT2D eigenvalue weighted by molar-refractivity contribution is 7.99. The van der Waals surface area contributed by atoms with Crippen molar-refractivity contribution < 1.29 is 4.74 Å². The van der Waals surface area contributed by atoms with Crippen LogP contribution in [-0.2, 0) is 6.42 Å². The van der Waals surface area contributed by atoms with Crippen LogP contribution in [0.2, 0.25) is 0 Å². The number of para-hydroxylation sites is 12. The van der Waals surface area contributed by atoms with Crippen LogP contribution < -0.4 is 19.4 Å². The van der Waals surface area contributed by atoms with Gasteiger partial charge in [-0.3, -0.25) is 0 Å². The molecular formula is C103H148N4OS. The topological polar surface area (TPSA) is 34.7 Å². The molecule has 16 rings (SSSR count). The fourth-order valence-electron chi connectivity index (χ4n) is 10.7. The maximum atomic E-state index is 5.99. The molecule has 109 heavy (non-hydrogen) atoms. The molecule has 0 aliphatic carbocycles. The largest absolute Gasteiger partial charge is 0.453 e. The van der Waals surface area contributed by atoms with Crippen LogP contribution in [-0.4, -0.2) is 4.98 Å². The van der Waals surface area contributed by atoms with Crippen molar-refractivity contribution in [2.24, 2.45) is 0 Å². The van der Waals surface area contributed by atoms with Crippen molar-refractivity contribution in [3.8, 4) is 11.5 Å². The molecule has 0 saturated heterocycles. The molecule has 6 heteroatoms. The third-order valence-electron chi connectivity index (χ3n) is 14.2. The second-order valence-electron chi connectivity index (χ2n) is 18.9. The van der Waals surface area contributed by atoms with Crippen molar-refractivity contribution in [1.82, 2.24) is 4.98 Å². The van der Waals surface area contributed by atoms with Crippen LogP contribution in [0, 0.1) is 0 Å². The maximum absolute atomic E-state index is 5.99. The molecule has 0 fully saturated rings. The summed E-state index contributed by atoms with van der Waals surface area (Å²) >= 11 is 1.84. The van der Waals surface area contributed by atoms with Gasteiger partial charge in [-0.05, 0) is 120 Å². The SMILES string of the molecule is CC.CC.CC.CC.CC.CC.CC.CC.CC.CC.CC.CC.CC.CC.CC.CC.c1ccc(N2c3ccccc3Cc3ccccc32)cc1.c1ccc(N2c3ccccc3Oc3ccccc32)cc1.c1ccc(N2c3ccccc3Sc3ccccc32)cc1.c1ccc2c(c1)ccc1c3ccccc3[nH]c21. The molecule has 1 N–H and O–H groups in total. The van der Waals surface area contributed by atoms with E-state index in [4.69, 9.17) is 4.74 Å². The quantitative estimate of drug-likeness (QED) is 0.191. The Morgan fingerprint density at radius 2 is 0.505 bits per heavy atom. The van der Waals surface area contributed by atoms with E-state index in [-0.39, 0.29) is 0 Å². The number of rotatable bonds is 3. The van der Waals surface area contributed by atoms with Crippen LogP contribution in [0.3, 0.4) is 0 Å². The van der Waals surface area contributed by atoms with Gasteiger partial charge >= 0.3 is 0 Å². The minimum absolute atomic E-state index is 0.884. The van der Waals surface area contributed by atoms with Gasteiger partial charge in [0, 0.05) is 66.3 Å². The van der Waals surface area contributed by atoms with Gasteiger partial charge in [0.25, 0.3) is 0 Å². The third-order valence-corrected chi connectivity index (χ3v) is 15.3. The van der Waals surface area contributed by atoms with Crippen LogP contribution in [0.1, 0.15) is 233 Å². The van der Waals surface area contributed by atoms with E-state index in [1.54, 1.807) is 0 Å². The second kappa shape index (κ2) is 70.0. The highest BCUT2D eigenvalue weighted by Gasteiger charge is 2.27. The van der Waals surface area contributed by atoms with Gasteiger partial charge in [-0.15, -0.1) is 0 Å². The molecule has 3 aliphatic rings. The smallest absolute Gasteiger partial charge is 0.151 e. The number of hydrogen-bond donors (Lipinski definition) is 1. The second-order valence-corrected chi connectivity index (χ2v) is 20.0. The fourth-order valence-corrected chi connectivity index (χ4v) is 11.7. The van der Waals surface area contributed by atoms with Crippen molar-refractivity contribution >= 4 is 95.5 Å². The standard InChI is InChI=1S/C19H15N.C18H13NO.C18H13NS.C16H11N.16C2H6/c1-2-10-17(11-3-1)20-18-12-6-4-8-15(18)14-16-9-5-7-13-19(16)20;2*1-2-8-14(9-3-1)19-15-10-4-6-12-17(15)20-18-13-7-5-11-16(18)19;1-2-6-12-11(5-1)9-10-14-13-7-3-4-8-15(13)17-16(12)14;16*1-2/h1-13H,14H2;2*1-13H;1-10,17H;16*1-2H3. The van der Waals surface area contributed by atoms with Gasteiger partial charge in [-0.1, -0.05) is 427 Å². The first-order valence-corrected chi connectivity index (χ1v) is 42.9. The van der Waals surface area contributed by atoms with E-state index in [9.17, 15) is 0 Å². The number of ether oxygens (including phenoxy) is 1. The number of nitrogens with one attached hydrogen (secondary N) is 1. The summed E-state index contributed by atoms with van der Waals surface area (Å²) in [4.78, 5) is 13.0. The molecule has 12 aromatic carbocycles. The number of aromatic amines is 1. The Kier molecular flexibility index (Phi) is 67.8. The minimum Gasteiger partial charge on any atom is -0.453 e. The predicted octanol–water partition coefficient (Wildman–Crippen LogP) is 36.8. The number of anilines is 9. The Morgan fingerprint density at radius 3 is 0.890 bits per heavy atom. The van der Waals surface area contributed by atoms with Gasteiger partial charge < -0.3 is 24.4 Å². The van der Waals surface area contributed by atoms with Crippen molar-refractivity contribution in [1.29, 1.82) is 0 Å². The van der Waals surface area contributed by atoms with E-state index in [1.165, 1.54) is 87.6 Å². The first-order chi connectivity index (χ1) is 54.2. The summed E-state index contributed by atoms with van der Waals surface area (Å²) in [5, 5.41) is 5.18. The normalized spacial score (nSPS) is 9.60. The highest BCUT2D eigenvalue weighted by atomic mass is 32.2. The van der Waals surface area contributed by atoms with Crippen LogP contribution in [0.15, 0.2) is 307 Å².